The minimum atomic E-state index is -0.126. The van der Waals surface area contributed by atoms with Crippen molar-refractivity contribution in [2.45, 2.75) is 46.5 Å². The van der Waals surface area contributed by atoms with Crippen molar-refractivity contribution in [2.75, 3.05) is 0 Å². The van der Waals surface area contributed by atoms with Crippen LogP contribution in [-0.4, -0.2) is 5.78 Å². The van der Waals surface area contributed by atoms with E-state index in [0.29, 0.717) is 5.78 Å². The molecule has 1 unspecified atom stereocenters. The zero-order valence-electron chi connectivity index (χ0n) is 10.6. The number of hydrogen-bond donors (Lipinski definition) is 0. The van der Waals surface area contributed by atoms with E-state index >= 15 is 0 Å². The van der Waals surface area contributed by atoms with E-state index in [4.69, 9.17) is 0 Å². The standard InChI is InChI=1S/C15H20O/c1-10-6-5-7-11(2)13(10)12-8-9-15(3,4)14(12)16/h5-7,12H,8-9H2,1-4H3. The lowest BCUT2D eigenvalue weighted by molar-refractivity contribution is -0.125. The number of carbonyl (C=O) groups is 1. The maximum atomic E-state index is 12.3. The van der Waals surface area contributed by atoms with E-state index in [9.17, 15) is 4.79 Å². The quantitative estimate of drug-likeness (QED) is 0.698. The van der Waals surface area contributed by atoms with Crippen molar-refractivity contribution in [3.05, 3.63) is 34.9 Å². The van der Waals surface area contributed by atoms with Crippen LogP contribution in [0.4, 0.5) is 0 Å². The maximum absolute atomic E-state index is 12.3. The molecule has 0 radical (unpaired) electrons. The topological polar surface area (TPSA) is 17.1 Å². The zero-order chi connectivity index (χ0) is 11.9. The second-order valence-electron chi connectivity index (χ2n) is 5.64. The van der Waals surface area contributed by atoms with Crippen LogP contribution in [0, 0.1) is 19.3 Å². The van der Waals surface area contributed by atoms with Crippen LogP contribution in [0.5, 0.6) is 0 Å². The summed E-state index contributed by atoms with van der Waals surface area (Å²) in [5, 5.41) is 0. The fourth-order valence-corrected chi connectivity index (χ4v) is 2.88. The molecule has 1 nitrogen and oxygen atoms in total. The Balaban J connectivity index is 2.44. The molecule has 1 atom stereocenters. The van der Waals surface area contributed by atoms with Crippen molar-refractivity contribution in [2.24, 2.45) is 5.41 Å². The molecule has 2 rings (SSSR count). The van der Waals surface area contributed by atoms with Crippen LogP contribution in [0.2, 0.25) is 0 Å². The molecular weight excluding hydrogens is 196 g/mol. The lowest BCUT2D eigenvalue weighted by Gasteiger charge is -2.19. The SMILES string of the molecule is Cc1cccc(C)c1C1CCC(C)(C)C1=O. The second-order valence-corrected chi connectivity index (χ2v) is 5.64. The fourth-order valence-electron chi connectivity index (χ4n) is 2.88. The summed E-state index contributed by atoms with van der Waals surface area (Å²) in [5.74, 6) is 0.557. The highest BCUT2D eigenvalue weighted by Crippen LogP contribution is 2.44. The Labute approximate surface area is 97.9 Å². The summed E-state index contributed by atoms with van der Waals surface area (Å²) < 4.78 is 0. The molecule has 0 bridgehead atoms. The molecule has 1 aromatic rings. The van der Waals surface area contributed by atoms with Gasteiger partial charge in [0.1, 0.15) is 5.78 Å². The first-order valence-electron chi connectivity index (χ1n) is 6.04. The van der Waals surface area contributed by atoms with Crippen LogP contribution < -0.4 is 0 Å². The molecule has 16 heavy (non-hydrogen) atoms. The summed E-state index contributed by atoms with van der Waals surface area (Å²) in [5.41, 5.74) is 3.67. The van der Waals surface area contributed by atoms with E-state index < -0.39 is 0 Å². The maximum Gasteiger partial charge on any atom is 0.145 e. The van der Waals surface area contributed by atoms with E-state index in [1.165, 1.54) is 16.7 Å². The van der Waals surface area contributed by atoms with Gasteiger partial charge in [-0.05, 0) is 43.4 Å². The first-order valence-corrected chi connectivity index (χ1v) is 6.04. The Hall–Kier alpha value is -1.11. The lowest BCUT2D eigenvalue weighted by Crippen LogP contribution is -2.21. The van der Waals surface area contributed by atoms with E-state index in [0.717, 1.165) is 12.8 Å². The van der Waals surface area contributed by atoms with E-state index in [-0.39, 0.29) is 11.3 Å². The number of aryl methyl sites for hydroxylation is 2. The van der Waals surface area contributed by atoms with Crippen LogP contribution in [0.3, 0.4) is 0 Å². The minimum Gasteiger partial charge on any atom is -0.298 e. The fraction of sp³-hybridized carbons (Fsp3) is 0.533. The van der Waals surface area contributed by atoms with Gasteiger partial charge in [-0.2, -0.15) is 0 Å². The molecule has 0 saturated heterocycles. The highest BCUT2D eigenvalue weighted by molar-refractivity contribution is 5.93. The smallest absolute Gasteiger partial charge is 0.145 e. The summed E-state index contributed by atoms with van der Waals surface area (Å²) in [7, 11) is 0. The molecule has 0 N–H and O–H groups in total. The van der Waals surface area contributed by atoms with Gasteiger partial charge in [0.2, 0.25) is 0 Å². The molecule has 0 aliphatic heterocycles. The number of rotatable bonds is 1. The summed E-state index contributed by atoms with van der Waals surface area (Å²) in [6.45, 7) is 8.37. The van der Waals surface area contributed by atoms with Gasteiger partial charge in [0.15, 0.2) is 0 Å². The third-order valence-corrected chi connectivity index (χ3v) is 3.93. The first-order chi connectivity index (χ1) is 7.43. The van der Waals surface area contributed by atoms with Crippen molar-refractivity contribution in [3.8, 4) is 0 Å². The summed E-state index contributed by atoms with van der Waals surface area (Å²) in [6.07, 6.45) is 2.03. The van der Waals surface area contributed by atoms with Crippen LogP contribution in [0.15, 0.2) is 18.2 Å². The molecule has 86 valence electrons. The second kappa shape index (κ2) is 3.73. The molecule has 0 heterocycles. The average molecular weight is 216 g/mol. The molecule has 0 aromatic heterocycles. The number of carbonyl (C=O) groups excluding carboxylic acids is 1. The molecule has 1 aromatic carbocycles. The van der Waals surface area contributed by atoms with Crippen molar-refractivity contribution in [3.63, 3.8) is 0 Å². The highest BCUT2D eigenvalue weighted by Gasteiger charge is 2.41. The first kappa shape index (κ1) is 11.4. The Morgan fingerprint density at radius 1 is 1.19 bits per heavy atom. The predicted molar refractivity (Wildman–Crippen MR) is 66.7 cm³/mol. The van der Waals surface area contributed by atoms with Gasteiger partial charge < -0.3 is 0 Å². The monoisotopic (exact) mass is 216 g/mol. The minimum absolute atomic E-state index is 0.126. The normalized spacial score (nSPS) is 23.8. The molecule has 1 aliphatic rings. The molecular formula is C15H20O. The Bertz CT molecular complexity index is 409. The number of Topliss-reactive ketones (excluding diaryl/α,β-unsaturated/α-hetero) is 1. The molecule has 0 spiro atoms. The van der Waals surface area contributed by atoms with Gasteiger partial charge in [-0.25, -0.2) is 0 Å². The number of hydrogen-bond acceptors (Lipinski definition) is 1. The van der Waals surface area contributed by atoms with E-state index in [1.54, 1.807) is 0 Å². The zero-order valence-corrected chi connectivity index (χ0v) is 10.6. The van der Waals surface area contributed by atoms with Gasteiger partial charge in [-0.15, -0.1) is 0 Å². The van der Waals surface area contributed by atoms with Gasteiger partial charge in [-0.3, -0.25) is 4.79 Å². The van der Waals surface area contributed by atoms with Crippen molar-refractivity contribution >= 4 is 5.78 Å². The summed E-state index contributed by atoms with van der Waals surface area (Å²) in [6, 6.07) is 6.29. The van der Waals surface area contributed by atoms with E-state index in [2.05, 4.69) is 45.9 Å². The van der Waals surface area contributed by atoms with Crippen LogP contribution in [-0.2, 0) is 4.79 Å². The third kappa shape index (κ3) is 1.68. The third-order valence-electron chi connectivity index (χ3n) is 3.93. The van der Waals surface area contributed by atoms with Crippen molar-refractivity contribution in [1.29, 1.82) is 0 Å². The van der Waals surface area contributed by atoms with Crippen LogP contribution in [0.25, 0.3) is 0 Å². The summed E-state index contributed by atoms with van der Waals surface area (Å²) >= 11 is 0. The number of ketones is 1. The predicted octanol–water partition coefficient (Wildman–Crippen LogP) is 3.78. The molecule has 1 aliphatic carbocycles. The largest absolute Gasteiger partial charge is 0.298 e. The van der Waals surface area contributed by atoms with Crippen molar-refractivity contribution < 1.29 is 4.79 Å². The Kier molecular flexibility index (Phi) is 2.65. The van der Waals surface area contributed by atoms with Gasteiger partial charge in [-0.1, -0.05) is 32.0 Å². The molecule has 1 heteroatoms. The van der Waals surface area contributed by atoms with Gasteiger partial charge in [0.25, 0.3) is 0 Å². The Morgan fingerprint density at radius 3 is 2.19 bits per heavy atom. The molecule has 0 amide bonds. The van der Waals surface area contributed by atoms with Crippen molar-refractivity contribution in [1.82, 2.24) is 0 Å². The number of benzene rings is 1. The Morgan fingerprint density at radius 2 is 1.75 bits per heavy atom. The molecule has 1 fully saturated rings. The van der Waals surface area contributed by atoms with Crippen LogP contribution >= 0.6 is 0 Å². The van der Waals surface area contributed by atoms with Gasteiger partial charge in [0.05, 0.1) is 0 Å². The summed E-state index contributed by atoms with van der Waals surface area (Å²) in [4.78, 5) is 12.3. The highest BCUT2D eigenvalue weighted by atomic mass is 16.1. The molecule has 1 saturated carbocycles. The van der Waals surface area contributed by atoms with E-state index in [1.807, 2.05) is 0 Å². The van der Waals surface area contributed by atoms with Gasteiger partial charge in [0, 0.05) is 11.3 Å². The van der Waals surface area contributed by atoms with Crippen LogP contribution in [0.1, 0.15) is 49.3 Å². The van der Waals surface area contributed by atoms with Gasteiger partial charge >= 0.3 is 0 Å². The lowest BCUT2D eigenvalue weighted by atomic mass is 9.84. The average Bonchev–Trinajstić information content (AvgIpc) is 2.45.